The maximum atomic E-state index is 13.6. The number of hydrogen-bond donors (Lipinski definition) is 1. The van der Waals surface area contributed by atoms with E-state index in [0.717, 1.165) is 36.2 Å². The Labute approximate surface area is 169 Å². The summed E-state index contributed by atoms with van der Waals surface area (Å²) in [6.07, 6.45) is 5.60. The van der Waals surface area contributed by atoms with Gasteiger partial charge in [0.1, 0.15) is 5.54 Å². The number of pyridine rings is 1. The summed E-state index contributed by atoms with van der Waals surface area (Å²) in [5, 5.41) is 7.29. The van der Waals surface area contributed by atoms with Crippen molar-refractivity contribution in [2.45, 2.75) is 50.8 Å². The first kappa shape index (κ1) is 18.3. The van der Waals surface area contributed by atoms with E-state index < -0.39 is 5.54 Å². The fourth-order valence-electron chi connectivity index (χ4n) is 4.98. The molecule has 1 unspecified atom stereocenters. The van der Waals surface area contributed by atoms with E-state index in [1.54, 1.807) is 11.1 Å². The predicted octanol–water partition coefficient (Wildman–Crippen LogP) is 1.67. The van der Waals surface area contributed by atoms with Crippen molar-refractivity contribution >= 4 is 11.8 Å². The zero-order chi connectivity index (χ0) is 19.8. The van der Waals surface area contributed by atoms with Gasteiger partial charge in [-0.2, -0.15) is 5.10 Å². The molecule has 2 amide bonds. The highest BCUT2D eigenvalue weighted by Crippen LogP contribution is 2.40. The van der Waals surface area contributed by atoms with E-state index in [-0.39, 0.29) is 11.8 Å². The summed E-state index contributed by atoms with van der Waals surface area (Å²) in [6, 6.07) is 5.73. The second-order valence-corrected chi connectivity index (χ2v) is 8.08. The summed E-state index contributed by atoms with van der Waals surface area (Å²) in [6.45, 7) is 2.80. The van der Waals surface area contributed by atoms with Gasteiger partial charge in [-0.3, -0.25) is 19.7 Å². The van der Waals surface area contributed by atoms with Gasteiger partial charge in [0.05, 0.1) is 25.5 Å². The minimum Gasteiger partial charge on any atom is -0.376 e. The number of nitrogens with zero attached hydrogens (tertiary/aromatic N) is 4. The third-order valence-corrected chi connectivity index (χ3v) is 6.41. The number of fused-ring (bicyclic) bond motifs is 1. The number of hydrogen-bond acceptors (Lipinski definition) is 5. The lowest BCUT2D eigenvalue weighted by Gasteiger charge is -2.44. The molecule has 0 radical (unpaired) electrons. The van der Waals surface area contributed by atoms with Gasteiger partial charge in [-0.1, -0.05) is 6.07 Å². The second-order valence-electron chi connectivity index (χ2n) is 8.08. The molecule has 1 atom stereocenters. The summed E-state index contributed by atoms with van der Waals surface area (Å²) in [4.78, 5) is 35.1. The minimum atomic E-state index is -0.758. The average Bonchev–Trinajstić information content (AvgIpc) is 3.37. The van der Waals surface area contributed by atoms with Gasteiger partial charge in [0.25, 0.3) is 5.91 Å². The Balaban J connectivity index is 1.42. The first-order valence-electron chi connectivity index (χ1n) is 10.3. The van der Waals surface area contributed by atoms with E-state index in [1.807, 2.05) is 23.1 Å². The number of aromatic amines is 1. The number of H-pyrrole nitrogens is 1. The number of piperidine rings is 1. The summed E-state index contributed by atoms with van der Waals surface area (Å²) in [5.74, 6) is -0.112. The van der Waals surface area contributed by atoms with Gasteiger partial charge in [-0.25, -0.2) is 0 Å². The number of ether oxygens (including phenoxy) is 1. The van der Waals surface area contributed by atoms with Crippen LogP contribution < -0.4 is 0 Å². The van der Waals surface area contributed by atoms with Gasteiger partial charge in [-0.05, 0) is 37.8 Å². The molecule has 5 rings (SSSR count). The maximum Gasteiger partial charge on any atom is 0.275 e. The van der Waals surface area contributed by atoms with E-state index in [9.17, 15) is 9.59 Å². The molecule has 3 aliphatic heterocycles. The number of aromatic nitrogens is 3. The molecule has 2 aromatic heterocycles. The molecule has 8 nitrogen and oxygen atoms in total. The van der Waals surface area contributed by atoms with Gasteiger partial charge in [0.2, 0.25) is 5.91 Å². The molecule has 152 valence electrons. The van der Waals surface area contributed by atoms with Crippen molar-refractivity contribution in [3.05, 3.63) is 47.0 Å². The van der Waals surface area contributed by atoms with Gasteiger partial charge in [0, 0.05) is 37.0 Å². The van der Waals surface area contributed by atoms with Crippen LogP contribution in [0.1, 0.15) is 53.1 Å². The topological polar surface area (TPSA) is 91.4 Å². The number of amides is 2. The molecule has 1 spiro atoms. The Hall–Kier alpha value is -2.74. The molecule has 2 aromatic rings. The smallest absolute Gasteiger partial charge is 0.275 e. The van der Waals surface area contributed by atoms with E-state index in [0.29, 0.717) is 51.4 Å². The minimum absolute atomic E-state index is 0.0425. The van der Waals surface area contributed by atoms with Crippen molar-refractivity contribution in [3.63, 3.8) is 0 Å². The first-order valence-corrected chi connectivity index (χ1v) is 10.3. The van der Waals surface area contributed by atoms with Crippen LogP contribution in [0.25, 0.3) is 0 Å². The number of nitrogens with one attached hydrogen (secondary N) is 1. The van der Waals surface area contributed by atoms with E-state index in [1.165, 1.54) is 0 Å². The third kappa shape index (κ3) is 3.02. The molecular formula is C21H25N5O3. The molecule has 1 N–H and O–H groups in total. The van der Waals surface area contributed by atoms with Gasteiger partial charge < -0.3 is 14.5 Å². The lowest BCUT2D eigenvalue weighted by atomic mass is 9.85. The van der Waals surface area contributed by atoms with Crippen LogP contribution in [0.2, 0.25) is 0 Å². The van der Waals surface area contributed by atoms with Crippen LogP contribution in [0.15, 0.2) is 24.4 Å². The van der Waals surface area contributed by atoms with Crippen LogP contribution in [0.4, 0.5) is 0 Å². The quantitative estimate of drug-likeness (QED) is 0.854. The number of carbonyl (C=O) groups excluding carboxylic acids is 2. The molecular weight excluding hydrogens is 370 g/mol. The maximum absolute atomic E-state index is 13.6. The van der Waals surface area contributed by atoms with Crippen LogP contribution in [0, 0.1) is 0 Å². The van der Waals surface area contributed by atoms with Gasteiger partial charge >= 0.3 is 0 Å². The number of carbonyl (C=O) groups is 2. The zero-order valence-corrected chi connectivity index (χ0v) is 16.4. The molecule has 8 heteroatoms. The molecule has 3 aliphatic rings. The van der Waals surface area contributed by atoms with Crippen molar-refractivity contribution in [3.8, 4) is 0 Å². The first-order chi connectivity index (χ1) is 14.2. The van der Waals surface area contributed by atoms with Crippen molar-refractivity contribution in [2.24, 2.45) is 0 Å². The molecule has 2 fully saturated rings. The van der Waals surface area contributed by atoms with Gasteiger partial charge in [0.15, 0.2) is 5.69 Å². The fourth-order valence-corrected chi connectivity index (χ4v) is 4.98. The van der Waals surface area contributed by atoms with Crippen LogP contribution in [0.3, 0.4) is 0 Å². The average molecular weight is 395 g/mol. The largest absolute Gasteiger partial charge is 0.376 e. The highest BCUT2D eigenvalue weighted by molar-refractivity contribution is 5.99. The highest BCUT2D eigenvalue weighted by Gasteiger charge is 2.53. The Bertz CT molecular complexity index is 928. The lowest BCUT2D eigenvalue weighted by Crippen LogP contribution is -2.61. The monoisotopic (exact) mass is 395 g/mol. The molecule has 29 heavy (non-hydrogen) atoms. The van der Waals surface area contributed by atoms with E-state index in [2.05, 4.69) is 15.2 Å². The Kier molecular flexibility index (Phi) is 4.58. The van der Waals surface area contributed by atoms with Crippen LogP contribution in [-0.2, 0) is 29.1 Å². The number of likely N-dealkylation sites (tertiary alicyclic amines) is 2. The van der Waals surface area contributed by atoms with Crippen LogP contribution in [-0.4, -0.2) is 62.0 Å². The van der Waals surface area contributed by atoms with Crippen molar-refractivity contribution < 1.29 is 14.3 Å². The summed E-state index contributed by atoms with van der Waals surface area (Å²) < 4.78 is 5.54. The van der Waals surface area contributed by atoms with Crippen LogP contribution >= 0.6 is 0 Å². The molecule has 0 saturated carbocycles. The molecule has 5 heterocycles. The predicted molar refractivity (Wildman–Crippen MR) is 104 cm³/mol. The molecule has 0 aromatic carbocycles. The van der Waals surface area contributed by atoms with E-state index >= 15 is 0 Å². The summed E-state index contributed by atoms with van der Waals surface area (Å²) in [7, 11) is 0. The van der Waals surface area contributed by atoms with Crippen molar-refractivity contribution in [1.29, 1.82) is 0 Å². The van der Waals surface area contributed by atoms with E-state index in [4.69, 9.17) is 4.74 Å². The lowest BCUT2D eigenvalue weighted by molar-refractivity contribution is -0.146. The summed E-state index contributed by atoms with van der Waals surface area (Å²) >= 11 is 0. The SMILES string of the molecule is O=C(c1n[nH]c2c1COCC2)N1CCCC12CCCN(Cc1ccccn1)C2=O. The molecule has 0 aliphatic carbocycles. The van der Waals surface area contributed by atoms with Crippen molar-refractivity contribution in [1.82, 2.24) is 25.0 Å². The standard InChI is InChI=1S/C21H25N5O3/c27-19(18-16-14-29-12-6-17(16)23-24-18)26-11-4-8-21(26)7-3-10-25(20(21)28)13-15-5-1-2-9-22-15/h1-2,5,9H,3-4,6-8,10-14H2,(H,23,24). The van der Waals surface area contributed by atoms with Gasteiger partial charge in [-0.15, -0.1) is 0 Å². The van der Waals surface area contributed by atoms with Crippen molar-refractivity contribution in [2.75, 3.05) is 19.7 Å². The fraction of sp³-hybridized carbons (Fsp3) is 0.524. The summed E-state index contributed by atoms with van der Waals surface area (Å²) in [5.41, 5.74) is 2.34. The molecule has 0 bridgehead atoms. The number of rotatable bonds is 3. The van der Waals surface area contributed by atoms with Crippen LogP contribution in [0.5, 0.6) is 0 Å². The molecule has 2 saturated heterocycles. The third-order valence-electron chi connectivity index (χ3n) is 6.41. The Morgan fingerprint density at radius 3 is 2.93 bits per heavy atom. The Morgan fingerprint density at radius 1 is 1.24 bits per heavy atom. The Morgan fingerprint density at radius 2 is 2.10 bits per heavy atom. The normalized spacial score (nSPS) is 24.2. The zero-order valence-electron chi connectivity index (χ0n) is 16.4. The highest BCUT2D eigenvalue weighted by atomic mass is 16.5. The second kappa shape index (κ2) is 7.26.